The van der Waals surface area contributed by atoms with Crippen LogP contribution in [0.5, 0.6) is 0 Å². The van der Waals surface area contributed by atoms with E-state index < -0.39 is 17.9 Å². The Labute approximate surface area is 98.7 Å². The number of hydrogen-bond donors (Lipinski definition) is 2. The number of nitriles is 1. The van der Waals surface area contributed by atoms with Gasteiger partial charge in [-0.25, -0.2) is 4.79 Å². The average molecular weight is 232 g/mol. The van der Waals surface area contributed by atoms with Crippen LogP contribution in [0, 0.1) is 11.3 Å². The van der Waals surface area contributed by atoms with Crippen molar-refractivity contribution >= 4 is 11.9 Å². The van der Waals surface area contributed by atoms with Gasteiger partial charge in [0.05, 0.1) is 11.6 Å². The van der Waals surface area contributed by atoms with E-state index in [9.17, 15) is 9.59 Å². The molecule has 0 unspecified atom stereocenters. The summed E-state index contributed by atoms with van der Waals surface area (Å²) < 4.78 is 0. The third-order valence-corrected chi connectivity index (χ3v) is 2.17. The summed E-state index contributed by atoms with van der Waals surface area (Å²) in [5.74, 6) is -1.49. The van der Waals surface area contributed by atoms with Gasteiger partial charge in [0.2, 0.25) is 5.91 Å². The zero-order chi connectivity index (χ0) is 12.8. The van der Waals surface area contributed by atoms with Gasteiger partial charge in [0.15, 0.2) is 0 Å². The average Bonchev–Trinajstić information content (AvgIpc) is 2.27. The standard InChI is InChI=1S/C12H12N2O3/c1-8(15)14-11(12(16)17)6-9-3-2-4-10(5-9)7-13/h2-5,11H,6H2,1H3,(H,14,15)(H,16,17)/t11-/m0/s1. The molecule has 2 N–H and O–H groups in total. The van der Waals surface area contributed by atoms with E-state index >= 15 is 0 Å². The number of rotatable bonds is 4. The highest BCUT2D eigenvalue weighted by Crippen LogP contribution is 2.07. The van der Waals surface area contributed by atoms with Gasteiger partial charge in [-0.3, -0.25) is 4.79 Å². The summed E-state index contributed by atoms with van der Waals surface area (Å²) in [6.45, 7) is 1.27. The molecule has 0 aliphatic heterocycles. The van der Waals surface area contributed by atoms with Crippen LogP contribution in [-0.2, 0) is 16.0 Å². The Kier molecular flexibility index (Phi) is 4.23. The van der Waals surface area contributed by atoms with E-state index in [4.69, 9.17) is 10.4 Å². The molecule has 0 spiro atoms. The first kappa shape index (κ1) is 12.7. The van der Waals surface area contributed by atoms with E-state index in [1.807, 2.05) is 6.07 Å². The van der Waals surface area contributed by atoms with Gasteiger partial charge in [0, 0.05) is 13.3 Å². The molecule has 1 aromatic rings. The maximum Gasteiger partial charge on any atom is 0.326 e. The van der Waals surface area contributed by atoms with Gasteiger partial charge in [-0.05, 0) is 17.7 Å². The van der Waals surface area contributed by atoms with Crippen molar-refractivity contribution in [1.29, 1.82) is 5.26 Å². The lowest BCUT2D eigenvalue weighted by Crippen LogP contribution is -2.41. The van der Waals surface area contributed by atoms with Gasteiger partial charge in [0.25, 0.3) is 0 Å². The van der Waals surface area contributed by atoms with Gasteiger partial charge in [-0.1, -0.05) is 12.1 Å². The zero-order valence-electron chi connectivity index (χ0n) is 9.30. The maximum absolute atomic E-state index is 10.9. The number of carbonyl (C=O) groups is 2. The van der Waals surface area contributed by atoms with E-state index in [1.165, 1.54) is 6.92 Å². The summed E-state index contributed by atoms with van der Waals surface area (Å²) in [6.07, 6.45) is 0.157. The van der Waals surface area contributed by atoms with Crippen LogP contribution < -0.4 is 5.32 Å². The Balaban J connectivity index is 2.82. The Bertz CT molecular complexity index is 477. The van der Waals surface area contributed by atoms with E-state index in [1.54, 1.807) is 24.3 Å². The minimum atomic E-state index is -1.09. The number of benzene rings is 1. The quantitative estimate of drug-likeness (QED) is 0.799. The van der Waals surface area contributed by atoms with Crippen LogP contribution in [0.1, 0.15) is 18.1 Å². The summed E-state index contributed by atoms with van der Waals surface area (Å²) in [5, 5.41) is 20.0. The monoisotopic (exact) mass is 232 g/mol. The predicted molar refractivity (Wildman–Crippen MR) is 60.1 cm³/mol. The maximum atomic E-state index is 10.9. The summed E-state index contributed by atoms with van der Waals surface area (Å²) >= 11 is 0. The van der Waals surface area contributed by atoms with E-state index in [2.05, 4.69) is 5.32 Å². The molecule has 0 aliphatic carbocycles. The third kappa shape index (κ3) is 3.95. The van der Waals surface area contributed by atoms with E-state index in [0.717, 1.165) is 0 Å². The van der Waals surface area contributed by atoms with E-state index in [-0.39, 0.29) is 6.42 Å². The first-order valence-corrected chi connectivity index (χ1v) is 5.02. The fraction of sp³-hybridized carbons (Fsp3) is 0.250. The smallest absolute Gasteiger partial charge is 0.326 e. The second-order valence-electron chi connectivity index (χ2n) is 3.61. The molecule has 0 aliphatic rings. The van der Waals surface area contributed by atoms with E-state index in [0.29, 0.717) is 11.1 Å². The van der Waals surface area contributed by atoms with Crippen molar-refractivity contribution in [2.24, 2.45) is 0 Å². The molecular weight excluding hydrogens is 220 g/mol. The lowest BCUT2D eigenvalue weighted by Gasteiger charge is -2.13. The highest BCUT2D eigenvalue weighted by molar-refractivity contribution is 5.82. The number of carbonyl (C=O) groups excluding carboxylic acids is 1. The van der Waals surface area contributed by atoms with Crippen molar-refractivity contribution in [1.82, 2.24) is 5.32 Å². The van der Waals surface area contributed by atoms with Gasteiger partial charge in [-0.2, -0.15) is 5.26 Å². The van der Waals surface area contributed by atoms with Crippen molar-refractivity contribution in [3.8, 4) is 6.07 Å². The molecule has 0 bridgehead atoms. The SMILES string of the molecule is CC(=O)N[C@@H](Cc1cccc(C#N)c1)C(=O)O. The molecule has 5 heteroatoms. The molecule has 1 atom stereocenters. The van der Waals surface area contributed by atoms with Crippen LogP contribution in [0.3, 0.4) is 0 Å². The second-order valence-corrected chi connectivity index (χ2v) is 3.61. The van der Waals surface area contributed by atoms with Crippen molar-refractivity contribution < 1.29 is 14.7 Å². The number of hydrogen-bond acceptors (Lipinski definition) is 3. The number of aliphatic carboxylic acids is 1. The van der Waals surface area contributed by atoms with Crippen LogP contribution in [-0.4, -0.2) is 23.0 Å². The van der Waals surface area contributed by atoms with Crippen LogP contribution >= 0.6 is 0 Å². The summed E-state index contributed by atoms with van der Waals surface area (Å²) in [6, 6.07) is 7.65. The molecule has 17 heavy (non-hydrogen) atoms. The molecule has 0 saturated heterocycles. The van der Waals surface area contributed by atoms with Crippen molar-refractivity contribution in [3.63, 3.8) is 0 Å². The minimum Gasteiger partial charge on any atom is -0.480 e. The zero-order valence-corrected chi connectivity index (χ0v) is 9.30. The Morgan fingerprint density at radius 3 is 2.76 bits per heavy atom. The Morgan fingerprint density at radius 2 is 2.24 bits per heavy atom. The summed E-state index contributed by atoms with van der Waals surface area (Å²) in [5.41, 5.74) is 1.17. The molecule has 0 aromatic heterocycles. The molecule has 5 nitrogen and oxygen atoms in total. The largest absolute Gasteiger partial charge is 0.480 e. The van der Waals surface area contributed by atoms with Gasteiger partial charge in [-0.15, -0.1) is 0 Å². The first-order valence-electron chi connectivity index (χ1n) is 5.02. The number of carboxylic acid groups (broad SMARTS) is 1. The van der Waals surface area contributed by atoms with Gasteiger partial charge in [0.1, 0.15) is 6.04 Å². The van der Waals surface area contributed by atoms with Crippen molar-refractivity contribution in [2.45, 2.75) is 19.4 Å². The second kappa shape index (κ2) is 5.66. The van der Waals surface area contributed by atoms with Crippen LogP contribution in [0.25, 0.3) is 0 Å². The summed E-state index contributed by atoms with van der Waals surface area (Å²) in [4.78, 5) is 21.8. The molecule has 0 saturated carbocycles. The molecule has 1 amide bonds. The van der Waals surface area contributed by atoms with Crippen LogP contribution in [0.2, 0.25) is 0 Å². The lowest BCUT2D eigenvalue weighted by atomic mass is 10.0. The Morgan fingerprint density at radius 1 is 1.53 bits per heavy atom. The molecule has 0 heterocycles. The molecule has 88 valence electrons. The molecule has 0 radical (unpaired) electrons. The highest BCUT2D eigenvalue weighted by atomic mass is 16.4. The van der Waals surface area contributed by atoms with Crippen LogP contribution in [0.4, 0.5) is 0 Å². The number of nitrogens with one attached hydrogen (secondary N) is 1. The lowest BCUT2D eigenvalue weighted by molar-refractivity contribution is -0.141. The normalized spacial score (nSPS) is 11.3. The highest BCUT2D eigenvalue weighted by Gasteiger charge is 2.18. The molecule has 0 fully saturated rings. The molecule has 1 rings (SSSR count). The summed E-state index contributed by atoms with van der Waals surface area (Å²) in [7, 11) is 0. The first-order chi connectivity index (χ1) is 8.02. The third-order valence-electron chi connectivity index (χ3n) is 2.17. The number of nitrogens with zero attached hydrogens (tertiary/aromatic N) is 1. The predicted octanol–water partition coefficient (Wildman–Crippen LogP) is 0.690. The molecule has 1 aromatic carbocycles. The van der Waals surface area contributed by atoms with Gasteiger partial charge >= 0.3 is 5.97 Å². The Hall–Kier alpha value is -2.35. The minimum absolute atomic E-state index is 0.157. The fourth-order valence-electron chi connectivity index (χ4n) is 1.45. The van der Waals surface area contributed by atoms with Crippen molar-refractivity contribution in [2.75, 3.05) is 0 Å². The number of carboxylic acids is 1. The fourth-order valence-corrected chi connectivity index (χ4v) is 1.45. The van der Waals surface area contributed by atoms with Crippen LogP contribution in [0.15, 0.2) is 24.3 Å². The number of amides is 1. The van der Waals surface area contributed by atoms with Crippen molar-refractivity contribution in [3.05, 3.63) is 35.4 Å². The van der Waals surface area contributed by atoms with Gasteiger partial charge < -0.3 is 10.4 Å². The molecular formula is C12H12N2O3. The topological polar surface area (TPSA) is 90.2 Å².